The highest BCUT2D eigenvalue weighted by Crippen LogP contribution is 2.39. The number of hydrogen-bond acceptors (Lipinski definition) is 5. The molecule has 2 aromatic heterocycles. The molecule has 2 atom stereocenters. The number of rotatable bonds is 5. The van der Waals surface area contributed by atoms with Crippen LogP contribution in [0.4, 0.5) is 0 Å². The van der Waals surface area contributed by atoms with Crippen LogP contribution in [0.2, 0.25) is 0 Å². The third-order valence-electron chi connectivity index (χ3n) is 7.37. The number of amides is 1. The summed E-state index contributed by atoms with van der Waals surface area (Å²) in [5.74, 6) is 0.652. The maximum atomic E-state index is 13.5. The molecule has 3 heterocycles. The average Bonchev–Trinajstić information content (AvgIpc) is 3.64. The lowest BCUT2D eigenvalue weighted by Crippen LogP contribution is -2.44. The third kappa shape index (κ3) is 3.29. The zero-order chi connectivity index (χ0) is 21.7. The Morgan fingerprint density at radius 1 is 1.06 bits per heavy atom. The molecule has 2 aliphatic carbocycles. The molecule has 0 N–H and O–H groups in total. The predicted molar refractivity (Wildman–Crippen MR) is 122 cm³/mol. The van der Waals surface area contributed by atoms with E-state index in [1.807, 2.05) is 23.2 Å². The van der Waals surface area contributed by atoms with Gasteiger partial charge in [0.1, 0.15) is 6.04 Å². The number of carbonyl (C=O) groups is 1. The van der Waals surface area contributed by atoms with Crippen LogP contribution in [0, 0.1) is 4.91 Å². The molecule has 0 bridgehead atoms. The summed E-state index contributed by atoms with van der Waals surface area (Å²) in [6.45, 7) is 0.510. The van der Waals surface area contributed by atoms with Gasteiger partial charge in [-0.2, -0.15) is 4.91 Å². The molecule has 0 radical (unpaired) electrons. The Morgan fingerprint density at radius 2 is 1.94 bits per heavy atom. The average molecular weight is 427 g/mol. The van der Waals surface area contributed by atoms with Gasteiger partial charge in [-0.05, 0) is 61.4 Å². The Bertz CT molecular complexity index is 1200. The topological polar surface area (TPSA) is 75.5 Å². The van der Waals surface area contributed by atoms with Crippen LogP contribution in [0.1, 0.15) is 77.2 Å². The van der Waals surface area contributed by atoms with Gasteiger partial charge < -0.3 is 4.90 Å². The summed E-state index contributed by atoms with van der Waals surface area (Å²) in [6.07, 6.45) is 10.6. The monoisotopic (exact) mass is 426 g/mol. The highest BCUT2D eigenvalue weighted by atomic mass is 16.3. The van der Waals surface area contributed by atoms with Crippen molar-refractivity contribution in [3.8, 4) is 0 Å². The summed E-state index contributed by atoms with van der Waals surface area (Å²) < 4.78 is 0. The Hall–Kier alpha value is -3.15. The van der Waals surface area contributed by atoms with Crippen molar-refractivity contribution >= 4 is 16.8 Å². The molecule has 2 saturated carbocycles. The van der Waals surface area contributed by atoms with E-state index in [2.05, 4.69) is 33.3 Å². The van der Waals surface area contributed by atoms with Crippen molar-refractivity contribution in [1.29, 1.82) is 0 Å². The minimum atomic E-state index is -0.309. The van der Waals surface area contributed by atoms with E-state index >= 15 is 0 Å². The molecule has 6 rings (SSSR count). The van der Waals surface area contributed by atoms with Crippen LogP contribution >= 0.6 is 0 Å². The minimum absolute atomic E-state index is 0.0107. The molecule has 3 aromatic rings. The zero-order valence-electron chi connectivity index (χ0n) is 18.0. The predicted octanol–water partition coefficient (Wildman–Crippen LogP) is 5.13. The Labute approximate surface area is 187 Å². The second-order valence-corrected chi connectivity index (χ2v) is 9.46. The van der Waals surface area contributed by atoms with Crippen LogP contribution in [0.3, 0.4) is 0 Å². The summed E-state index contributed by atoms with van der Waals surface area (Å²) >= 11 is 0. The third-order valence-corrected chi connectivity index (χ3v) is 7.37. The van der Waals surface area contributed by atoms with Gasteiger partial charge in [0.2, 0.25) is 0 Å². The molecule has 2 fully saturated rings. The molecule has 6 heteroatoms. The fourth-order valence-corrected chi connectivity index (χ4v) is 5.49. The number of fused-ring (bicyclic) bond motifs is 3. The molecule has 0 spiro atoms. The first-order valence-corrected chi connectivity index (χ1v) is 11.7. The summed E-state index contributed by atoms with van der Waals surface area (Å²) in [5.41, 5.74) is 6.02. The van der Waals surface area contributed by atoms with Crippen molar-refractivity contribution < 1.29 is 4.79 Å². The van der Waals surface area contributed by atoms with Crippen LogP contribution in [-0.2, 0) is 13.0 Å². The molecule has 6 nitrogen and oxygen atoms in total. The van der Waals surface area contributed by atoms with E-state index in [4.69, 9.17) is 0 Å². The first-order valence-electron chi connectivity index (χ1n) is 11.7. The lowest BCUT2D eigenvalue weighted by molar-refractivity contribution is 0.0632. The van der Waals surface area contributed by atoms with Gasteiger partial charge in [0.15, 0.2) is 0 Å². The van der Waals surface area contributed by atoms with Gasteiger partial charge in [0.25, 0.3) is 5.91 Å². The molecule has 1 aliphatic heterocycles. The summed E-state index contributed by atoms with van der Waals surface area (Å²) in [4.78, 5) is 36.1. The standard InChI is InChI=1S/C26H26N4O2/c31-26-20-13-18(12-16-7-10-22(28-14-16)17-8-9-17)19-4-3-11-27-25(19)21(20)15-30(26)24-6-2-1-5-23(24)29-32/h3-4,7,10-11,13-14,17,23-24H,1-2,5-6,8-9,12,15H2/t23-,24-/m0/s1. The van der Waals surface area contributed by atoms with Crippen LogP contribution in [0.15, 0.2) is 47.9 Å². The summed E-state index contributed by atoms with van der Waals surface area (Å²) in [7, 11) is 0. The number of carbonyl (C=O) groups excluding carboxylic acids is 1. The van der Waals surface area contributed by atoms with Gasteiger partial charge in [-0.25, -0.2) is 0 Å². The maximum Gasteiger partial charge on any atom is 0.254 e. The van der Waals surface area contributed by atoms with E-state index in [1.165, 1.54) is 18.5 Å². The van der Waals surface area contributed by atoms with Gasteiger partial charge in [0.05, 0.1) is 11.6 Å². The van der Waals surface area contributed by atoms with Crippen LogP contribution in [-0.4, -0.2) is 32.9 Å². The van der Waals surface area contributed by atoms with E-state index < -0.39 is 0 Å². The smallest absolute Gasteiger partial charge is 0.254 e. The highest BCUT2D eigenvalue weighted by Gasteiger charge is 2.39. The number of hydrogen-bond donors (Lipinski definition) is 0. The second kappa shape index (κ2) is 7.76. The lowest BCUT2D eigenvalue weighted by atomic mass is 9.90. The van der Waals surface area contributed by atoms with Crippen LogP contribution < -0.4 is 0 Å². The van der Waals surface area contributed by atoms with Crippen molar-refractivity contribution in [2.75, 3.05) is 0 Å². The zero-order valence-corrected chi connectivity index (χ0v) is 18.0. The van der Waals surface area contributed by atoms with E-state index in [0.29, 0.717) is 18.9 Å². The maximum absolute atomic E-state index is 13.5. The molecule has 1 amide bonds. The van der Waals surface area contributed by atoms with Crippen LogP contribution in [0.5, 0.6) is 0 Å². The molecule has 0 unspecified atom stereocenters. The van der Waals surface area contributed by atoms with E-state index in [9.17, 15) is 9.70 Å². The second-order valence-electron chi connectivity index (χ2n) is 9.46. The van der Waals surface area contributed by atoms with E-state index in [-0.39, 0.29) is 18.0 Å². The molecule has 162 valence electrons. The van der Waals surface area contributed by atoms with Gasteiger partial charge in [-0.15, -0.1) is 0 Å². The molecule has 3 aliphatic rings. The first-order chi connectivity index (χ1) is 15.7. The first kappa shape index (κ1) is 19.5. The Kier molecular flexibility index (Phi) is 4.74. The fraction of sp³-hybridized carbons (Fsp3) is 0.423. The molecule has 0 saturated heterocycles. The minimum Gasteiger partial charge on any atom is -0.329 e. The summed E-state index contributed by atoms with van der Waals surface area (Å²) in [5, 5.41) is 4.45. The molecular formula is C26H26N4O2. The van der Waals surface area contributed by atoms with Gasteiger partial charge in [0, 0.05) is 47.1 Å². The number of aromatic nitrogens is 2. The molecule has 32 heavy (non-hydrogen) atoms. The molecular weight excluding hydrogens is 400 g/mol. The highest BCUT2D eigenvalue weighted by molar-refractivity contribution is 6.04. The van der Waals surface area contributed by atoms with Crippen molar-refractivity contribution in [2.24, 2.45) is 5.18 Å². The van der Waals surface area contributed by atoms with Crippen molar-refractivity contribution in [2.45, 2.75) is 69.5 Å². The Balaban J connectivity index is 1.37. The van der Waals surface area contributed by atoms with Gasteiger partial charge >= 0.3 is 0 Å². The fourth-order valence-electron chi connectivity index (χ4n) is 5.49. The van der Waals surface area contributed by atoms with E-state index in [1.54, 1.807) is 6.20 Å². The SMILES string of the molecule is O=N[C@H]1CCCC[C@@H]1N1Cc2c(cc(Cc3ccc(C4CC4)nc3)c3cccnc23)C1=O. The van der Waals surface area contributed by atoms with Crippen molar-refractivity contribution in [1.82, 2.24) is 14.9 Å². The number of nitroso groups, excluding NO2 is 1. The number of benzene rings is 1. The van der Waals surface area contributed by atoms with Gasteiger partial charge in [-0.3, -0.25) is 14.8 Å². The molecule has 1 aromatic carbocycles. The lowest BCUT2D eigenvalue weighted by Gasteiger charge is -2.34. The van der Waals surface area contributed by atoms with Crippen LogP contribution in [0.25, 0.3) is 10.9 Å². The Morgan fingerprint density at radius 3 is 2.72 bits per heavy atom. The normalized spacial score (nSPS) is 22.9. The summed E-state index contributed by atoms with van der Waals surface area (Å²) in [6, 6.07) is 9.97. The number of pyridine rings is 2. The number of nitrogens with zero attached hydrogens (tertiary/aromatic N) is 4. The van der Waals surface area contributed by atoms with Crippen molar-refractivity contribution in [3.63, 3.8) is 0 Å². The van der Waals surface area contributed by atoms with Crippen molar-refractivity contribution in [3.05, 3.63) is 75.6 Å². The van der Waals surface area contributed by atoms with E-state index in [0.717, 1.165) is 58.8 Å². The quantitative estimate of drug-likeness (QED) is 0.530. The largest absolute Gasteiger partial charge is 0.329 e. The van der Waals surface area contributed by atoms with Gasteiger partial charge in [-0.1, -0.05) is 30.2 Å².